The van der Waals surface area contributed by atoms with Crippen LogP contribution in [-0.4, -0.2) is 50.2 Å². The first-order chi connectivity index (χ1) is 8.97. The normalized spacial score (nSPS) is 21.2. The number of hydrogen-bond acceptors (Lipinski definition) is 4. The Balaban J connectivity index is 2.67. The minimum atomic E-state index is -2.80. The molecule has 0 aliphatic carbocycles. The van der Waals surface area contributed by atoms with Crippen LogP contribution in [0.25, 0.3) is 0 Å². The Morgan fingerprint density at radius 1 is 1.11 bits per heavy atom. The monoisotopic (exact) mass is 307 g/mol. The van der Waals surface area contributed by atoms with Gasteiger partial charge < -0.3 is 4.90 Å². The Labute approximate surface area is 124 Å². The molecule has 19 heavy (non-hydrogen) atoms. The first-order valence-corrected chi connectivity index (χ1v) is 9.96. The highest BCUT2D eigenvalue weighted by Crippen LogP contribution is 2.32. The van der Waals surface area contributed by atoms with Crippen molar-refractivity contribution in [2.24, 2.45) is 5.41 Å². The lowest BCUT2D eigenvalue weighted by Gasteiger charge is -2.37. The van der Waals surface area contributed by atoms with Crippen molar-refractivity contribution in [1.82, 2.24) is 4.90 Å². The van der Waals surface area contributed by atoms with Crippen LogP contribution in [0.2, 0.25) is 0 Å². The van der Waals surface area contributed by atoms with E-state index in [9.17, 15) is 8.42 Å². The Morgan fingerprint density at radius 2 is 1.74 bits per heavy atom. The van der Waals surface area contributed by atoms with Crippen molar-refractivity contribution in [3.63, 3.8) is 0 Å². The van der Waals surface area contributed by atoms with Crippen LogP contribution in [0.3, 0.4) is 0 Å². The van der Waals surface area contributed by atoms with Crippen LogP contribution in [0.1, 0.15) is 46.0 Å². The van der Waals surface area contributed by atoms with Gasteiger partial charge in [0.05, 0.1) is 11.5 Å². The third-order valence-corrected chi connectivity index (χ3v) is 6.49. The Hall–Kier alpha value is 0.260. The maximum Gasteiger partial charge on any atom is 0.151 e. The minimum absolute atomic E-state index is 0.265. The van der Waals surface area contributed by atoms with Gasteiger partial charge in [-0.3, -0.25) is 0 Å². The number of rotatable bonds is 7. The summed E-state index contributed by atoms with van der Waals surface area (Å²) in [4.78, 5) is 2.35. The van der Waals surface area contributed by atoms with E-state index in [4.69, 9.17) is 0 Å². The number of sulfone groups is 1. The molecule has 1 saturated heterocycles. The fourth-order valence-electron chi connectivity index (χ4n) is 3.17. The van der Waals surface area contributed by atoms with Gasteiger partial charge in [0.2, 0.25) is 0 Å². The summed E-state index contributed by atoms with van der Waals surface area (Å²) in [6.07, 6.45) is 5.50. The van der Waals surface area contributed by atoms with Crippen molar-refractivity contribution < 1.29 is 8.42 Å². The van der Waals surface area contributed by atoms with E-state index in [2.05, 4.69) is 31.4 Å². The lowest BCUT2D eigenvalue weighted by Crippen LogP contribution is -2.40. The fourth-order valence-corrected chi connectivity index (χ4v) is 4.90. The van der Waals surface area contributed by atoms with Gasteiger partial charge in [-0.1, -0.05) is 26.7 Å². The molecule has 0 saturated carbocycles. The molecule has 0 unspecified atom stereocenters. The SMILES string of the molecule is CCCC(CS)(CCC)CN1CCCS(=O)(=O)CC1. The van der Waals surface area contributed by atoms with E-state index in [0.29, 0.717) is 18.1 Å². The maximum absolute atomic E-state index is 11.7. The van der Waals surface area contributed by atoms with Crippen molar-refractivity contribution in [3.05, 3.63) is 0 Å². The zero-order valence-corrected chi connectivity index (χ0v) is 14.1. The molecular formula is C14H29NO2S2. The fraction of sp³-hybridized carbons (Fsp3) is 1.00. The summed E-state index contributed by atoms with van der Waals surface area (Å²) in [6, 6.07) is 0. The second kappa shape index (κ2) is 7.89. The Morgan fingerprint density at radius 3 is 2.26 bits per heavy atom. The lowest BCUT2D eigenvalue weighted by molar-refractivity contribution is 0.154. The Bertz CT molecular complexity index is 348. The van der Waals surface area contributed by atoms with Crippen molar-refractivity contribution >= 4 is 22.5 Å². The van der Waals surface area contributed by atoms with Crippen molar-refractivity contribution in [2.75, 3.05) is 36.9 Å². The molecule has 1 aliphatic heterocycles. The van der Waals surface area contributed by atoms with Gasteiger partial charge in [-0.25, -0.2) is 8.42 Å². The highest BCUT2D eigenvalue weighted by atomic mass is 32.2. The highest BCUT2D eigenvalue weighted by Gasteiger charge is 2.30. The smallest absolute Gasteiger partial charge is 0.151 e. The molecule has 1 fully saturated rings. The summed E-state index contributed by atoms with van der Waals surface area (Å²) in [5.74, 6) is 1.59. The summed E-state index contributed by atoms with van der Waals surface area (Å²) >= 11 is 4.59. The molecule has 114 valence electrons. The predicted molar refractivity (Wildman–Crippen MR) is 85.8 cm³/mol. The number of hydrogen-bond donors (Lipinski definition) is 1. The molecule has 5 heteroatoms. The molecule has 0 bridgehead atoms. The second-order valence-corrected chi connectivity index (χ2v) is 8.56. The summed E-state index contributed by atoms with van der Waals surface area (Å²) < 4.78 is 23.3. The van der Waals surface area contributed by atoms with Gasteiger partial charge >= 0.3 is 0 Å². The topological polar surface area (TPSA) is 37.4 Å². The summed E-state index contributed by atoms with van der Waals surface area (Å²) in [5, 5.41) is 0. The predicted octanol–water partition coefficient (Wildman–Crippen LogP) is 2.62. The average Bonchev–Trinajstić information content (AvgIpc) is 2.51. The van der Waals surface area contributed by atoms with Crippen molar-refractivity contribution in [2.45, 2.75) is 46.0 Å². The van der Waals surface area contributed by atoms with E-state index >= 15 is 0 Å². The van der Waals surface area contributed by atoms with E-state index in [0.717, 1.165) is 25.3 Å². The van der Waals surface area contributed by atoms with Gasteiger partial charge in [0.15, 0.2) is 9.84 Å². The third-order valence-electron chi connectivity index (χ3n) is 4.10. The summed E-state index contributed by atoms with van der Waals surface area (Å²) in [7, 11) is -2.80. The highest BCUT2D eigenvalue weighted by molar-refractivity contribution is 7.91. The zero-order chi connectivity index (χ0) is 14.4. The summed E-state index contributed by atoms with van der Waals surface area (Å²) in [5.41, 5.74) is 0.265. The van der Waals surface area contributed by atoms with Gasteiger partial charge in [0.1, 0.15) is 0 Å². The van der Waals surface area contributed by atoms with Gasteiger partial charge in [-0.05, 0) is 37.0 Å². The lowest BCUT2D eigenvalue weighted by atomic mass is 9.80. The van der Waals surface area contributed by atoms with E-state index in [1.54, 1.807) is 0 Å². The maximum atomic E-state index is 11.7. The van der Waals surface area contributed by atoms with Crippen LogP contribution >= 0.6 is 12.6 Å². The average molecular weight is 308 g/mol. The molecule has 1 heterocycles. The van der Waals surface area contributed by atoms with Crippen LogP contribution in [0.15, 0.2) is 0 Å². The molecule has 0 N–H and O–H groups in total. The second-order valence-electron chi connectivity index (χ2n) is 5.94. The van der Waals surface area contributed by atoms with Gasteiger partial charge in [0, 0.05) is 13.1 Å². The van der Waals surface area contributed by atoms with Crippen LogP contribution in [0, 0.1) is 5.41 Å². The quantitative estimate of drug-likeness (QED) is 0.735. The zero-order valence-electron chi connectivity index (χ0n) is 12.4. The van der Waals surface area contributed by atoms with Crippen molar-refractivity contribution in [1.29, 1.82) is 0 Å². The number of nitrogens with zero attached hydrogens (tertiary/aromatic N) is 1. The van der Waals surface area contributed by atoms with Crippen molar-refractivity contribution in [3.8, 4) is 0 Å². The van der Waals surface area contributed by atoms with E-state index in [1.807, 2.05) is 0 Å². The molecule has 3 nitrogen and oxygen atoms in total. The molecule has 0 spiro atoms. The number of thiol groups is 1. The van der Waals surface area contributed by atoms with Crippen LogP contribution in [0.4, 0.5) is 0 Å². The molecule has 0 aromatic rings. The van der Waals surface area contributed by atoms with Crippen LogP contribution in [0.5, 0.6) is 0 Å². The molecule has 0 atom stereocenters. The molecule has 0 amide bonds. The van der Waals surface area contributed by atoms with E-state index in [-0.39, 0.29) is 5.41 Å². The van der Waals surface area contributed by atoms with Gasteiger partial charge in [-0.2, -0.15) is 12.6 Å². The standard InChI is InChI=1S/C14H29NO2S2/c1-3-6-14(13-18,7-4-2)12-15-8-5-10-19(16,17)11-9-15/h18H,3-13H2,1-2H3. The first-order valence-electron chi connectivity index (χ1n) is 7.50. The minimum Gasteiger partial charge on any atom is -0.302 e. The summed E-state index contributed by atoms with van der Waals surface area (Å²) in [6.45, 7) is 7.07. The molecular weight excluding hydrogens is 278 g/mol. The van der Waals surface area contributed by atoms with Gasteiger partial charge in [-0.15, -0.1) is 0 Å². The molecule has 0 aromatic carbocycles. The van der Waals surface area contributed by atoms with E-state index in [1.165, 1.54) is 25.7 Å². The molecule has 0 aromatic heterocycles. The molecule has 1 rings (SSSR count). The molecule has 0 radical (unpaired) electrons. The van der Waals surface area contributed by atoms with Gasteiger partial charge in [0.25, 0.3) is 0 Å². The molecule has 1 aliphatic rings. The van der Waals surface area contributed by atoms with Crippen LogP contribution < -0.4 is 0 Å². The largest absolute Gasteiger partial charge is 0.302 e. The third kappa shape index (κ3) is 5.64. The van der Waals surface area contributed by atoms with Crippen LogP contribution in [-0.2, 0) is 9.84 Å². The Kier molecular flexibility index (Phi) is 7.19. The first kappa shape index (κ1) is 17.3. The van der Waals surface area contributed by atoms with E-state index < -0.39 is 9.84 Å².